The van der Waals surface area contributed by atoms with Gasteiger partial charge in [0.15, 0.2) is 5.69 Å². The van der Waals surface area contributed by atoms with Crippen LogP contribution in [0, 0.1) is 6.92 Å². The van der Waals surface area contributed by atoms with Gasteiger partial charge >= 0.3 is 0 Å². The number of aryl methyl sites for hydroxylation is 1. The summed E-state index contributed by atoms with van der Waals surface area (Å²) in [7, 11) is 0. The van der Waals surface area contributed by atoms with E-state index in [1.165, 1.54) is 23.0 Å². The van der Waals surface area contributed by atoms with E-state index in [9.17, 15) is 4.79 Å². The zero-order valence-corrected chi connectivity index (χ0v) is 19.1. The largest absolute Gasteiger partial charge is 0.447 e. The monoisotopic (exact) mass is 439 g/mol. The molecule has 1 heterocycles. The average molecular weight is 440 g/mol. The highest BCUT2D eigenvalue weighted by Gasteiger charge is 2.18. The Morgan fingerprint density at radius 2 is 1.58 bits per heavy atom. The predicted molar refractivity (Wildman–Crippen MR) is 129 cm³/mol. The van der Waals surface area contributed by atoms with Crippen molar-refractivity contribution in [3.8, 4) is 0 Å². The molecule has 3 aromatic carbocycles. The van der Waals surface area contributed by atoms with Crippen LogP contribution in [0.5, 0.6) is 0 Å². The summed E-state index contributed by atoms with van der Waals surface area (Å²) in [4.78, 5) is 19.5. The van der Waals surface area contributed by atoms with Crippen molar-refractivity contribution >= 4 is 5.91 Å². The molecule has 1 N–H and O–H groups in total. The van der Waals surface area contributed by atoms with Crippen LogP contribution >= 0.6 is 0 Å². The second-order valence-electron chi connectivity index (χ2n) is 8.29. The number of amides is 1. The first-order chi connectivity index (χ1) is 16.1. The van der Waals surface area contributed by atoms with Crippen molar-refractivity contribution in [2.24, 2.45) is 0 Å². The van der Waals surface area contributed by atoms with E-state index in [0.717, 1.165) is 18.7 Å². The van der Waals surface area contributed by atoms with E-state index in [2.05, 4.69) is 58.5 Å². The Bertz CT molecular complexity index is 1170. The zero-order valence-electron chi connectivity index (χ0n) is 19.1. The highest BCUT2D eigenvalue weighted by atomic mass is 16.3. The fourth-order valence-electron chi connectivity index (χ4n) is 3.81. The normalized spacial score (nSPS) is 12.0. The van der Waals surface area contributed by atoms with Crippen molar-refractivity contribution in [1.29, 1.82) is 0 Å². The van der Waals surface area contributed by atoms with Gasteiger partial charge in [0.25, 0.3) is 5.91 Å². The van der Waals surface area contributed by atoms with E-state index in [0.29, 0.717) is 18.1 Å². The van der Waals surface area contributed by atoms with Gasteiger partial charge in [-0.15, -0.1) is 0 Å². The Kier molecular flexibility index (Phi) is 7.33. The first kappa shape index (κ1) is 22.5. The van der Waals surface area contributed by atoms with Gasteiger partial charge in [0.1, 0.15) is 6.26 Å². The molecule has 33 heavy (non-hydrogen) atoms. The van der Waals surface area contributed by atoms with Crippen LogP contribution in [0.15, 0.2) is 95.6 Å². The van der Waals surface area contributed by atoms with E-state index in [-0.39, 0.29) is 11.9 Å². The zero-order chi connectivity index (χ0) is 23.0. The van der Waals surface area contributed by atoms with E-state index in [1.54, 1.807) is 0 Å². The molecule has 0 aliphatic carbocycles. The molecule has 0 unspecified atom stereocenters. The van der Waals surface area contributed by atoms with Crippen molar-refractivity contribution < 1.29 is 9.21 Å². The van der Waals surface area contributed by atoms with Crippen molar-refractivity contribution in [3.63, 3.8) is 0 Å². The van der Waals surface area contributed by atoms with Crippen LogP contribution < -0.4 is 5.32 Å². The van der Waals surface area contributed by atoms with E-state index in [4.69, 9.17) is 4.42 Å². The number of nitrogens with one attached hydrogen (secondary N) is 1. The van der Waals surface area contributed by atoms with Crippen LogP contribution in [0.25, 0.3) is 0 Å². The Labute approximate surface area is 195 Å². The summed E-state index contributed by atoms with van der Waals surface area (Å²) in [5.74, 6) is 0.284. The number of benzene rings is 3. The Hall–Kier alpha value is -3.70. The van der Waals surface area contributed by atoms with Gasteiger partial charge in [-0.3, -0.25) is 9.69 Å². The summed E-state index contributed by atoms with van der Waals surface area (Å²) in [5, 5.41) is 2.99. The summed E-state index contributed by atoms with van der Waals surface area (Å²) in [6.45, 7) is 6.10. The number of hydrogen-bond donors (Lipinski definition) is 1. The number of oxazole rings is 1. The van der Waals surface area contributed by atoms with Gasteiger partial charge in [-0.05, 0) is 36.1 Å². The predicted octanol–water partition coefficient (Wildman–Crippen LogP) is 5.68. The molecule has 0 radical (unpaired) electrons. The van der Waals surface area contributed by atoms with Gasteiger partial charge in [0, 0.05) is 13.1 Å². The third-order valence-electron chi connectivity index (χ3n) is 5.69. The molecule has 5 nitrogen and oxygen atoms in total. The SMILES string of the molecule is Cc1ccccc1CN(Cc1ccccc1)Cc1nc(C(=O)N[C@@H](C)c2ccccc2)co1. The highest BCUT2D eigenvalue weighted by Crippen LogP contribution is 2.17. The molecule has 0 bridgehead atoms. The molecule has 0 spiro atoms. The lowest BCUT2D eigenvalue weighted by Crippen LogP contribution is -2.27. The van der Waals surface area contributed by atoms with Crippen molar-refractivity contribution in [3.05, 3.63) is 125 Å². The van der Waals surface area contributed by atoms with Gasteiger partial charge in [0.05, 0.1) is 12.6 Å². The molecule has 0 saturated heterocycles. The molecule has 0 saturated carbocycles. The first-order valence-electron chi connectivity index (χ1n) is 11.2. The molecule has 168 valence electrons. The lowest BCUT2D eigenvalue weighted by Gasteiger charge is -2.22. The number of nitrogens with zero attached hydrogens (tertiary/aromatic N) is 2. The van der Waals surface area contributed by atoms with Gasteiger partial charge in [0.2, 0.25) is 5.89 Å². The van der Waals surface area contributed by atoms with Crippen molar-refractivity contribution in [2.45, 2.75) is 39.5 Å². The number of rotatable bonds is 9. The topological polar surface area (TPSA) is 58.4 Å². The molecular weight excluding hydrogens is 410 g/mol. The molecule has 4 rings (SSSR count). The second-order valence-corrected chi connectivity index (χ2v) is 8.29. The number of aromatic nitrogens is 1. The van der Waals surface area contributed by atoms with E-state index < -0.39 is 0 Å². The lowest BCUT2D eigenvalue weighted by molar-refractivity contribution is 0.0934. The Morgan fingerprint density at radius 3 is 2.30 bits per heavy atom. The minimum absolute atomic E-state index is 0.116. The van der Waals surface area contributed by atoms with E-state index in [1.807, 2.05) is 55.5 Å². The summed E-state index contributed by atoms with van der Waals surface area (Å²) in [5.41, 5.74) is 5.06. The fraction of sp³-hybridized carbons (Fsp3) is 0.214. The molecule has 0 fully saturated rings. The number of carbonyl (C=O) groups excluding carboxylic acids is 1. The number of carbonyl (C=O) groups is 1. The quantitative estimate of drug-likeness (QED) is 0.365. The Balaban J connectivity index is 1.46. The summed E-state index contributed by atoms with van der Waals surface area (Å²) < 4.78 is 5.70. The maximum atomic E-state index is 12.7. The Morgan fingerprint density at radius 1 is 0.909 bits per heavy atom. The fourth-order valence-corrected chi connectivity index (χ4v) is 3.81. The molecule has 1 aromatic heterocycles. The average Bonchev–Trinajstić information content (AvgIpc) is 3.30. The maximum Gasteiger partial charge on any atom is 0.273 e. The van der Waals surface area contributed by atoms with Crippen LogP contribution in [-0.4, -0.2) is 15.8 Å². The summed E-state index contributed by atoms with van der Waals surface area (Å²) >= 11 is 0. The van der Waals surface area contributed by atoms with Gasteiger partial charge in [-0.2, -0.15) is 0 Å². The van der Waals surface area contributed by atoms with Crippen LogP contribution in [0.1, 0.15) is 51.6 Å². The first-order valence-corrected chi connectivity index (χ1v) is 11.2. The molecule has 1 amide bonds. The van der Waals surface area contributed by atoms with Gasteiger partial charge < -0.3 is 9.73 Å². The molecular formula is C28H29N3O2. The number of hydrogen-bond acceptors (Lipinski definition) is 4. The maximum absolute atomic E-state index is 12.7. The molecule has 0 aliphatic heterocycles. The molecule has 5 heteroatoms. The second kappa shape index (κ2) is 10.7. The van der Waals surface area contributed by atoms with Crippen LogP contribution in [0.4, 0.5) is 0 Å². The van der Waals surface area contributed by atoms with Crippen LogP contribution in [0.2, 0.25) is 0 Å². The molecule has 0 aliphatic rings. The van der Waals surface area contributed by atoms with Gasteiger partial charge in [-0.25, -0.2) is 4.98 Å². The lowest BCUT2D eigenvalue weighted by atomic mass is 10.1. The standard InChI is InChI=1S/C28H29N3O2/c1-21-11-9-10-16-25(21)18-31(17-23-12-5-3-6-13-23)19-27-30-26(20-33-27)28(32)29-22(2)24-14-7-4-8-15-24/h3-16,20,22H,17-19H2,1-2H3,(H,29,32)/t22-/m0/s1. The third kappa shape index (κ3) is 6.18. The third-order valence-corrected chi connectivity index (χ3v) is 5.69. The van der Waals surface area contributed by atoms with Crippen molar-refractivity contribution in [2.75, 3.05) is 0 Å². The van der Waals surface area contributed by atoms with Gasteiger partial charge in [-0.1, -0.05) is 84.9 Å². The highest BCUT2D eigenvalue weighted by molar-refractivity contribution is 5.92. The smallest absolute Gasteiger partial charge is 0.273 e. The minimum Gasteiger partial charge on any atom is -0.447 e. The van der Waals surface area contributed by atoms with Crippen molar-refractivity contribution in [1.82, 2.24) is 15.2 Å². The van der Waals surface area contributed by atoms with Crippen LogP contribution in [-0.2, 0) is 19.6 Å². The van der Waals surface area contributed by atoms with E-state index >= 15 is 0 Å². The van der Waals surface area contributed by atoms with Crippen LogP contribution in [0.3, 0.4) is 0 Å². The minimum atomic E-state index is -0.241. The summed E-state index contributed by atoms with van der Waals surface area (Å²) in [6, 6.07) is 28.5. The molecule has 4 aromatic rings. The molecule has 1 atom stereocenters. The summed E-state index contributed by atoms with van der Waals surface area (Å²) in [6.07, 6.45) is 1.44.